The van der Waals surface area contributed by atoms with Crippen LogP contribution in [-0.4, -0.2) is 27.0 Å². The summed E-state index contributed by atoms with van der Waals surface area (Å²) in [7, 11) is 0. The van der Waals surface area contributed by atoms with Crippen molar-refractivity contribution in [3.63, 3.8) is 0 Å². The van der Waals surface area contributed by atoms with Crippen molar-refractivity contribution >= 4 is 23.8 Å². The van der Waals surface area contributed by atoms with Crippen molar-refractivity contribution in [1.82, 2.24) is 20.4 Å². The molecule has 0 aliphatic rings. The van der Waals surface area contributed by atoms with Gasteiger partial charge in [0.2, 0.25) is 5.89 Å². The number of oxazole rings is 1. The minimum Gasteiger partial charge on any atom is -0.487 e. The molecule has 0 bridgehead atoms. The first kappa shape index (κ1) is 21.7. The molecule has 9 heteroatoms. The Morgan fingerprint density at radius 2 is 1.94 bits per heavy atom. The van der Waals surface area contributed by atoms with Crippen LogP contribution in [-0.2, 0) is 24.4 Å². The second-order valence-electron chi connectivity index (χ2n) is 6.87. The molecule has 2 heterocycles. The van der Waals surface area contributed by atoms with Gasteiger partial charge in [-0.1, -0.05) is 29.8 Å². The van der Waals surface area contributed by atoms with Crippen molar-refractivity contribution in [1.29, 1.82) is 0 Å². The highest BCUT2D eigenvalue weighted by Gasteiger charge is 2.05. The van der Waals surface area contributed by atoms with Crippen LogP contribution in [0, 0.1) is 5.82 Å². The average molecular weight is 455 g/mol. The third-order valence-corrected chi connectivity index (χ3v) is 4.72. The summed E-state index contributed by atoms with van der Waals surface area (Å²) in [6, 6.07) is 12.1. The number of H-pyrrole nitrogens is 1. The Morgan fingerprint density at radius 1 is 1.06 bits per heavy atom. The Balaban J connectivity index is 1.22. The molecular formula is C23H20ClFN4O3. The molecule has 0 saturated heterocycles. The van der Waals surface area contributed by atoms with Crippen molar-refractivity contribution < 1.29 is 18.3 Å². The number of hydrogen-bond donors (Lipinski definition) is 1. The first-order valence-electron chi connectivity index (χ1n) is 9.87. The number of aromatic nitrogens is 4. The number of benzene rings is 2. The van der Waals surface area contributed by atoms with Crippen LogP contribution < -0.4 is 4.74 Å². The van der Waals surface area contributed by atoms with Gasteiger partial charge < -0.3 is 13.9 Å². The molecule has 0 atom stereocenters. The van der Waals surface area contributed by atoms with E-state index in [9.17, 15) is 4.39 Å². The van der Waals surface area contributed by atoms with Gasteiger partial charge in [-0.15, -0.1) is 0 Å². The number of halogens is 2. The molecule has 2 aromatic heterocycles. The summed E-state index contributed by atoms with van der Waals surface area (Å²) in [5.74, 6) is 0.656. The Morgan fingerprint density at radius 3 is 2.72 bits per heavy atom. The van der Waals surface area contributed by atoms with Gasteiger partial charge in [-0.2, -0.15) is 15.4 Å². The fourth-order valence-corrected chi connectivity index (χ4v) is 2.97. The van der Waals surface area contributed by atoms with Crippen LogP contribution >= 0.6 is 11.6 Å². The van der Waals surface area contributed by atoms with Crippen molar-refractivity contribution in [3.05, 3.63) is 94.2 Å². The lowest BCUT2D eigenvalue weighted by molar-refractivity contribution is 0.123. The molecule has 0 aliphatic carbocycles. The quantitative estimate of drug-likeness (QED) is 0.336. The Labute approximate surface area is 188 Å². The molecule has 0 aliphatic heterocycles. The summed E-state index contributed by atoms with van der Waals surface area (Å²) < 4.78 is 30.6. The van der Waals surface area contributed by atoms with E-state index >= 15 is 0 Å². The maximum absolute atomic E-state index is 13.8. The summed E-state index contributed by atoms with van der Waals surface area (Å²) in [5, 5.41) is 10.7. The van der Waals surface area contributed by atoms with E-state index in [1.165, 1.54) is 12.3 Å². The SMILES string of the molecule is Fc1cc(Cl)ccc1C=Cc1nc(COc2ccc(COCCc3cn[nH]n3)cc2)co1. The minimum atomic E-state index is -0.410. The lowest BCUT2D eigenvalue weighted by Crippen LogP contribution is -2.00. The topological polar surface area (TPSA) is 86.1 Å². The van der Waals surface area contributed by atoms with Gasteiger partial charge in [0.25, 0.3) is 0 Å². The van der Waals surface area contributed by atoms with Gasteiger partial charge in [-0.3, -0.25) is 0 Å². The summed E-state index contributed by atoms with van der Waals surface area (Å²) in [4.78, 5) is 4.32. The van der Waals surface area contributed by atoms with E-state index in [-0.39, 0.29) is 6.61 Å². The lowest BCUT2D eigenvalue weighted by atomic mass is 10.2. The molecule has 0 radical (unpaired) electrons. The second kappa shape index (κ2) is 10.7. The maximum Gasteiger partial charge on any atom is 0.218 e. The van der Waals surface area contributed by atoms with Crippen LogP contribution in [0.25, 0.3) is 12.2 Å². The zero-order chi connectivity index (χ0) is 22.2. The van der Waals surface area contributed by atoms with Crippen LogP contribution in [0.2, 0.25) is 5.02 Å². The van der Waals surface area contributed by atoms with Crippen LogP contribution in [0.4, 0.5) is 4.39 Å². The van der Waals surface area contributed by atoms with Crippen molar-refractivity contribution in [2.75, 3.05) is 6.61 Å². The van der Waals surface area contributed by atoms with Crippen LogP contribution in [0.5, 0.6) is 5.75 Å². The molecular weight excluding hydrogens is 435 g/mol. The monoisotopic (exact) mass is 454 g/mol. The first-order chi connectivity index (χ1) is 15.7. The molecule has 0 unspecified atom stereocenters. The number of nitrogens with one attached hydrogen (secondary N) is 1. The predicted molar refractivity (Wildman–Crippen MR) is 117 cm³/mol. The maximum atomic E-state index is 13.8. The van der Waals surface area contributed by atoms with Gasteiger partial charge >= 0.3 is 0 Å². The molecule has 0 spiro atoms. The first-order valence-corrected chi connectivity index (χ1v) is 10.3. The zero-order valence-corrected chi connectivity index (χ0v) is 17.8. The molecule has 0 fully saturated rings. The number of hydrogen-bond acceptors (Lipinski definition) is 6. The van der Waals surface area contributed by atoms with Crippen molar-refractivity contribution in [2.45, 2.75) is 19.6 Å². The third kappa shape index (κ3) is 6.26. The molecule has 0 amide bonds. The molecule has 4 aromatic rings. The smallest absolute Gasteiger partial charge is 0.218 e. The van der Waals surface area contributed by atoms with E-state index in [0.717, 1.165) is 11.3 Å². The normalized spacial score (nSPS) is 11.3. The van der Waals surface area contributed by atoms with Gasteiger partial charge in [0.05, 0.1) is 25.1 Å². The van der Waals surface area contributed by atoms with Gasteiger partial charge in [0, 0.05) is 23.1 Å². The largest absolute Gasteiger partial charge is 0.487 e. The van der Waals surface area contributed by atoms with Gasteiger partial charge in [-0.25, -0.2) is 9.37 Å². The Hall–Kier alpha value is -3.49. The minimum absolute atomic E-state index is 0.250. The number of nitrogens with zero attached hydrogens (tertiary/aromatic N) is 3. The summed E-state index contributed by atoms with van der Waals surface area (Å²) in [6.07, 6.45) is 7.07. The summed E-state index contributed by atoms with van der Waals surface area (Å²) in [6.45, 7) is 1.32. The third-order valence-electron chi connectivity index (χ3n) is 4.48. The van der Waals surface area contributed by atoms with Gasteiger partial charge in [0.15, 0.2) is 0 Å². The summed E-state index contributed by atoms with van der Waals surface area (Å²) in [5.41, 5.74) is 2.94. The second-order valence-corrected chi connectivity index (χ2v) is 7.31. The molecule has 0 saturated carbocycles. The molecule has 2 aromatic carbocycles. The Bertz CT molecular complexity index is 1160. The van der Waals surface area contributed by atoms with Crippen LogP contribution in [0.1, 0.15) is 28.4 Å². The lowest BCUT2D eigenvalue weighted by Gasteiger charge is -2.06. The van der Waals surface area contributed by atoms with E-state index in [0.29, 0.717) is 47.6 Å². The fourth-order valence-electron chi connectivity index (χ4n) is 2.81. The van der Waals surface area contributed by atoms with Crippen LogP contribution in [0.15, 0.2) is 59.3 Å². The number of ether oxygens (including phenoxy) is 2. The van der Waals surface area contributed by atoms with Crippen molar-refractivity contribution in [2.24, 2.45) is 0 Å². The highest BCUT2D eigenvalue weighted by atomic mass is 35.5. The highest BCUT2D eigenvalue weighted by molar-refractivity contribution is 6.30. The average Bonchev–Trinajstić information content (AvgIpc) is 3.48. The van der Waals surface area contributed by atoms with E-state index in [4.69, 9.17) is 25.5 Å². The summed E-state index contributed by atoms with van der Waals surface area (Å²) >= 11 is 5.76. The number of rotatable bonds is 10. The molecule has 4 rings (SSSR count). The molecule has 32 heavy (non-hydrogen) atoms. The van der Waals surface area contributed by atoms with Crippen molar-refractivity contribution in [3.8, 4) is 5.75 Å². The van der Waals surface area contributed by atoms with Crippen LogP contribution in [0.3, 0.4) is 0 Å². The fraction of sp³-hybridized carbons (Fsp3) is 0.174. The predicted octanol–water partition coefficient (Wildman–Crippen LogP) is 5.09. The zero-order valence-electron chi connectivity index (χ0n) is 17.0. The highest BCUT2D eigenvalue weighted by Crippen LogP contribution is 2.18. The van der Waals surface area contributed by atoms with Gasteiger partial charge in [0.1, 0.15) is 30.1 Å². The molecule has 7 nitrogen and oxygen atoms in total. The van der Waals surface area contributed by atoms with E-state index in [1.54, 1.807) is 30.5 Å². The molecule has 164 valence electrons. The molecule has 1 N–H and O–H groups in total. The number of aromatic amines is 1. The van der Waals surface area contributed by atoms with E-state index < -0.39 is 5.82 Å². The van der Waals surface area contributed by atoms with E-state index in [2.05, 4.69) is 20.4 Å². The van der Waals surface area contributed by atoms with E-state index in [1.807, 2.05) is 24.3 Å². The van der Waals surface area contributed by atoms with Gasteiger partial charge in [-0.05, 0) is 35.9 Å². The standard InChI is InChI=1S/C23H20ClFN4O3/c24-18-5-3-17(22(25)11-18)4-8-23-27-20(15-32-23)14-31-21-6-1-16(2-7-21)13-30-10-9-19-12-26-29-28-19/h1-8,11-12,15H,9-10,13-14H2,(H,26,28,29). The Kier molecular flexibility index (Phi) is 7.27.